The van der Waals surface area contributed by atoms with E-state index in [9.17, 15) is 4.39 Å². The van der Waals surface area contributed by atoms with Crippen molar-refractivity contribution in [3.8, 4) is 0 Å². The molecule has 33 valence electrons. The molecule has 0 aliphatic rings. The van der Waals surface area contributed by atoms with Crippen LogP contribution in [0.2, 0.25) is 0 Å². The average molecular weight is 120 g/mol. The van der Waals surface area contributed by atoms with Crippen LogP contribution in [0.4, 0.5) is 4.39 Å². The second-order valence-corrected chi connectivity index (χ2v) is 0.260. The second kappa shape index (κ2) is 34.2. The molecular weight excluding hydrogens is 118 g/mol. The summed E-state index contributed by atoms with van der Waals surface area (Å²) in [5.74, 6) is 0. The Bertz CT molecular complexity index is 30.6. The normalized spacial score (nSPS) is 3.60. The van der Waals surface area contributed by atoms with Gasteiger partial charge in [0.25, 0.3) is 0 Å². The van der Waals surface area contributed by atoms with E-state index in [0.717, 1.165) is 0 Å². The molecule has 0 N–H and O–H groups in total. The molecule has 2 nitrogen and oxygen atoms in total. The summed E-state index contributed by atoms with van der Waals surface area (Å²) < 4.78 is 26.1. The zero-order valence-corrected chi connectivity index (χ0v) is 3.46. The molecular formula is CH2FMnO2-. The first-order valence-electron chi connectivity index (χ1n) is 0.576. The van der Waals surface area contributed by atoms with Crippen LogP contribution in [0, 0.1) is 7.18 Å². The second-order valence-electron chi connectivity index (χ2n) is 0.0630. The number of hydrogen-bond acceptors (Lipinski definition) is 2. The molecule has 0 saturated heterocycles. The van der Waals surface area contributed by atoms with Gasteiger partial charge in [0.15, 0.2) is 0 Å². The molecule has 0 rings (SSSR count). The van der Waals surface area contributed by atoms with Gasteiger partial charge in [-0.1, -0.05) is 0 Å². The maximum absolute atomic E-state index is 9.25. The van der Waals surface area contributed by atoms with E-state index in [1.165, 1.54) is 0 Å². The fourth-order valence-corrected chi connectivity index (χ4v) is 0. The summed E-state index contributed by atoms with van der Waals surface area (Å²) in [5.41, 5.74) is 0. The molecule has 0 saturated carbocycles. The zero-order valence-electron chi connectivity index (χ0n) is 2.28. The molecule has 0 fully saturated rings. The Morgan fingerprint density at radius 1 is 1.40 bits per heavy atom. The van der Waals surface area contributed by atoms with Crippen molar-refractivity contribution in [1.29, 1.82) is 0 Å². The summed E-state index contributed by atoms with van der Waals surface area (Å²) in [6, 6.07) is 0. The predicted octanol–water partition coefficient (Wildman–Crippen LogP) is 0.507. The minimum absolute atomic E-state index is 1.44. The van der Waals surface area contributed by atoms with Crippen LogP contribution < -0.4 is 0 Å². The molecule has 0 radical (unpaired) electrons. The van der Waals surface area contributed by atoms with E-state index in [0.29, 0.717) is 0 Å². The van der Waals surface area contributed by atoms with Gasteiger partial charge in [-0.25, -0.2) is 0 Å². The van der Waals surface area contributed by atoms with E-state index >= 15 is 0 Å². The molecule has 0 bridgehead atoms. The molecule has 5 heavy (non-hydrogen) atoms. The SMILES string of the molecule is [CH2-]F.[O]=[Mn]=[O]. The Morgan fingerprint density at radius 2 is 1.40 bits per heavy atom. The van der Waals surface area contributed by atoms with Gasteiger partial charge in [0.05, 0.1) is 0 Å². The van der Waals surface area contributed by atoms with Crippen molar-refractivity contribution in [1.82, 2.24) is 0 Å². The van der Waals surface area contributed by atoms with E-state index in [2.05, 4.69) is 0 Å². The topological polar surface area (TPSA) is 34.1 Å². The van der Waals surface area contributed by atoms with E-state index in [1.807, 2.05) is 0 Å². The van der Waals surface area contributed by atoms with Gasteiger partial charge >= 0.3 is 22.5 Å². The third kappa shape index (κ3) is 6950. The van der Waals surface area contributed by atoms with Crippen molar-refractivity contribution in [3.05, 3.63) is 7.18 Å². The van der Waals surface area contributed by atoms with Gasteiger partial charge in [-0.05, 0) is 0 Å². The Labute approximate surface area is 34.9 Å². The predicted molar refractivity (Wildman–Crippen MR) is 7.84 cm³/mol. The number of rotatable bonds is 0. The van der Waals surface area contributed by atoms with Crippen LogP contribution in [0.3, 0.4) is 0 Å². The van der Waals surface area contributed by atoms with Gasteiger partial charge in [-0.15, -0.1) is 0 Å². The Hall–Kier alpha value is 0.0495. The third-order valence-corrected chi connectivity index (χ3v) is 0. The van der Waals surface area contributed by atoms with Crippen molar-refractivity contribution in [3.63, 3.8) is 0 Å². The van der Waals surface area contributed by atoms with Crippen LogP contribution in [-0.4, -0.2) is 0 Å². The van der Waals surface area contributed by atoms with Crippen LogP contribution in [-0.2, 0) is 22.5 Å². The van der Waals surface area contributed by atoms with Crippen LogP contribution in [0.5, 0.6) is 0 Å². The van der Waals surface area contributed by atoms with Gasteiger partial charge in [0.2, 0.25) is 0 Å². The summed E-state index contributed by atoms with van der Waals surface area (Å²) in [4.78, 5) is 0. The first-order chi connectivity index (χ1) is 2.41. The van der Waals surface area contributed by atoms with Crippen molar-refractivity contribution < 1.29 is 26.9 Å². The van der Waals surface area contributed by atoms with Gasteiger partial charge in [0.1, 0.15) is 0 Å². The van der Waals surface area contributed by atoms with Gasteiger partial charge in [-0.3, -0.25) is 0 Å². The fraction of sp³-hybridized carbons (Fsp3) is 0. The van der Waals surface area contributed by atoms with Gasteiger partial charge in [-0.2, -0.15) is 7.18 Å². The number of hydrogen-bond donors (Lipinski definition) is 0. The molecule has 0 heterocycles. The molecule has 0 aliphatic carbocycles. The van der Waals surface area contributed by atoms with Crippen LogP contribution >= 0.6 is 0 Å². The van der Waals surface area contributed by atoms with Crippen molar-refractivity contribution in [2.75, 3.05) is 0 Å². The molecule has 0 unspecified atom stereocenters. The van der Waals surface area contributed by atoms with Gasteiger partial charge in [0, 0.05) is 0 Å². The quantitative estimate of drug-likeness (QED) is 0.344. The molecule has 0 aromatic rings. The first kappa shape index (κ1) is 8.90. The number of halogens is 1. The molecule has 0 aromatic heterocycles. The fourth-order valence-electron chi connectivity index (χ4n) is 0. The third-order valence-electron chi connectivity index (χ3n) is 0. The average Bonchev–Trinajstić information content (AvgIpc) is 1.46. The molecule has 0 aromatic carbocycles. The zero-order chi connectivity index (χ0) is 4.71. The van der Waals surface area contributed by atoms with Crippen LogP contribution in [0.25, 0.3) is 0 Å². The summed E-state index contributed by atoms with van der Waals surface area (Å²) in [6.45, 7) is 0. The van der Waals surface area contributed by atoms with Crippen molar-refractivity contribution in [2.24, 2.45) is 0 Å². The summed E-state index contributed by atoms with van der Waals surface area (Å²) in [5, 5.41) is 0. The molecule has 4 heteroatoms. The van der Waals surface area contributed by atoms with Gasteiger partial charge < -0.3 is 4.39 Å². The van der Waals surface area contributed by atoms with Crippen molar-refractivity contribution >= 4 is 0 Å². The maximum atomic E-state index is 9.25. The summed E-state index contributed by atoms with van der Waals surface area (Å²) >= 11 is -1.44. The molecule has 0 atom stereocenters. The van der Waals surface area contributed by atoms with E-state index < -0.39 is 14.8 Å². The standard InChI is InChI=1S/CH2F.Mn.2O/c1-2;;;/h1H2;;;/q-1;;;. The Morgan fingerprint density at radius 3 is 1.40 bits per heavy atom. The van der Waals surface area contributed by atoms with Crippen molar-refractivity contribution in [2.45, 2.75) is 0 Å². The summed E-state index contributed by atoms with van der Waals surface area (Å²) in [7, 11) is 1.75. The molecule has 0 amide bonds. The van der Waals surface area contributed by atoms with E-state index in [1.54, 1.807) is 7.18 Å². The van der Waals surface area contributed by atoms with Crippen LogP contribution in [0.1, 0.15) is 0 Å². The van der Waals surface area contributed by atoms with Crippen LogP contribution in [0.15, 0.2) is 0 Å². The Kier molecular flexibility index (Phi) is 60.9. The Balaban J connectivity index is 0. The first-order valence-corrected chi connectivity index (χ1v) is 1.54. The molecule has 0 spiro atoms. The molecule has 0 aliphatic heterocycles. The summed E-state index contributed by atoms with van der Waals surface area (Å²) in [6.07, 6.45) is 0. The van der Waals surface area contributed by atoms with E-state index in [-0.39, 0.29) is 0 Å². The minimum atomic E-state index is -1.44. The van der Waals surface area contributed by atoms with E-state index in [4.69, 9.17) is 7.67 Å². The monoisotopic (exact) mass is 120 g/mol.